The molecule has 168 valence electrons. The summed E-state index contributed by atoms with van der Waals surface area (Å²) in [5, 5.41) is 2.41. The summed E-state index contributed by atoms with van der Waals surface area (Å²) in [5.41, 5.74) is 7.52. The van der Waals surface area contributed by atoms with Gasteiger partial charge in [-0.05, 0) is 81.6 Å². The van der Waals surface area contributed by atoms with E-state index in [4.69, 9.17) is 18.9 Å². The van der Waals surface area contributed by atoms with E-state index in [1.807, 2.05) is 6.07 Å². The third kappa shape index (κ3) is 2.98. The molecular weight excluding hydrogens is 424 g/mol. The van der Waals surface area contributed by atoms with E-state index in [0.29, 0.717) is 5.92 Å². The molecule has 3 aliphatic rings. The first-order valence-corrected chi connectivity index (χ1v) is 11.8. The van der Waals surface area contributed by atoms with Gasteiger partial charge in [-0.2, -0.15) is 0 Å². The topological polar surface area (TPSA) is 36.9 Å². The predicted molar refractivity (Wildman–Crippen MR) is 133 cm³/mol. The number of ether oxygens (including phenoxy) is 4. The van der Waals surface area contributed by atoms with Crippen LogP contribution in [0.1, 0.15) is 41.5 Å². The summed E-state index contributed by atoms with van der Waals surface area (Å²) in [6, 6.07) is 21.5. The van der Waals surface area contributed by atoms with E-state index < -0.39 is 0 Å². The zero-order valence-electron chi connectivity index (χ0n) is 19.0. The fourth-order valence-corrected chi connectivity index (χ4v) is 5.55. The van der Waals surface area contributed by atoms with Gasteiger partial charge in [0.15, 0.2) is 23.0 Å². The molecule has 1 atom stereocenters. The van der Waals surface area contributed by atoms with E-state index in [2.05, 4.69) is 73.7 Å². The van der Waals surface area contributed by atoms with Gasteiger partial charge in [0, 0.05) is 5.56 Å². The Morgan fingerprint density at radius 2 is 1.62 bits per heavy atom. The van der Waals surface area contributed by atoms with E-state index in [1.165, 1.54) is 38.6 Å². The highest BCUT2D eigenvalue weighted by Crippen LogP contribution is 2.50. The number of rotatable bonds is 2. The van der Waals surface area contributed by atoms with Crippen molar-refractivity contribution in [2.45, 2.75) is 25.7 Å². The SMILES string of the molecule is CC1CC=Cc2c(ccc3c2OCO3)-c2c(Cc3ccccc3)cc3cc4c(cc3c21)OCO4. The standard InChI is InChI=1S/C30H24O4/c1-18-6-5-9-23-22(10-11-25-30(23)34-17-31-25)29-21(12-19-7-3-2-4-8-19)13-20-14-26-27(33-16-32-26)15-24(20)28(18)29/h2-5,7-11,13-15,18H,6,12,16-17H2,1H3. The van der Waals surface area contributed by atoms with Crippen molar-refractivity contribution in [1.82, 2.24) is 0 Å². The molecule has 4 nitrogen and oxygen atoms in total. The predicted octanol–water partition coefficient (Wildman–Crippen LogP) is 7.08. The van der Waals surface area contributed by atoms with Crippen LogP contribution in [0.25, 0.3) is 28.0 Å². The number of benzene rings is 4. The molecule has 2 aliphatic heterocycles. The molecule has 2 heterocycles. The summed E-state index contributed by atoms with van der Waals surface area (Å²) < 4.78 is 23.1. The fourth-order valence-electron chi connectivity index (χ4n) is 5.55. The smallest absolute Gasteiger partial charge is 0.231 e. The van der Waals surface area contributed by atoms with Crippen molar-refractivity contribution in [3.8, 4) is 34.1 Å². The first kappa shape index (κ1) is 19.5. The van der Waals surface area contributed by atoms with Crippen molar-refractivity contribution in [2.24, 2.45) is 0 Å². The molecule has 7 rings (SSSR count). The summed E-state index contributed by atoms with van der Waals surface area (Å²) in [6.45, 7) is 2.85. The number of hydrogen-bond acceptors (Lipinski definition) is 4. The Bertz CT molecular complexity index is 1470. The van der Waals surface area contributed by atoms with Crippen LogP contribution in [0.3, 0.4) is 0 Å². The molecule has 1 aliphatic carbocycles. The minimum atomic E-state index is 0.265. The van der Waals surface area contributed by atoms with Gasteiger partial charge in [-0.1, -0.05) is 55.5 Å². The van der Waals surface area contributed by atoms with Gasteiger partial charge in [0.05, 0.1) is 0 Å². The van der Waals surface area contributed by atoms with E-state index in [1.54, 1.807) is 0 Å². The highest BCUT2D eigenvalue weighted by atomic mass is 16.7. The van der Waals surface area contributed by atoms with Crippen molar-refractivity contribution >= 4 is 16.8 Å². The minimum Gasteiger partial charge on any atom is -0.454 e. The van der Waals surface area contributed by atoms with Crippen LogP contribution in [0.4, 0.5) is 0 Å². The molecule has 0 fully saturated rings. The molecule has 1 unspecified atom stereocenters. The molecule has 0 saturated carbocycles. The second-order valence-electron chi connectivity index (χ2n) is 9.21. The average Bonchev–Trinajstić information content (AvgIpc) is 3.51. The quantitative estimate of drug-likeness (QED) is 0.328. The van der Waals surface area contributed by atoms with E-state index in [-0.39, 0.29) is 13.6 Å². The monoisotopic (exact) mass is 448 g/mol. The lowest BCUT2D eigenvalue weighted by Crippen LogP contribution is -2.05. The molecule has 34 heavy (non-hydrogen) atoms. The summed E-state index contributed by atoms with van der Waals surface area (Å²) >= 11 is 0. The Morgan fingerprint density at radius 1 is 0.824 bits per heavy atom. The van der Waals surface area contributed by atoms with E-state index in [9.17, 15) is 0 Å². The fraction of sp³-hybridized carbons (Fsp3) is 0.200. The van der Waals surface area contributed by atoms with Gasteiger partial charge in [0.25, 0.3) is 0 Å². The van der Waals surface area contributed by atoms with Crippen LogP contribution in [0.2, 0.25) is 0 Å². The van der Waals surface area contributed by atoms with Gasteiger partial charge in [-0.25, -0.2) is 0 Å². The highest BCUT2D eigenvalue weighted by Gasteiger charge is 2.28. The Hall–Kier alpha value is -3.92. The molecule has 0 spiro atoms. The van der Waals surface area contributed by atoms with Gasteiger partial charge < -0.3 is 18.9 Å². The van der Waals surface area contributed by atoms with Crippen LogP contribution in [0, 0.1) is 0 Å². The maximum absolute atomic E-state index is 5.93. The molecule has 4 aromatic rings. The largest absolute Gasteiger partial charge is 0.454 e. The molecule has 4 heteroatoms. The summed E-state index contributed by atoms with van der Waals surface area (Å²) in [4.78, 5) is 0. The molecule has 0 N–H and O–H groups in total. The van der Waals surface area contributed by atoms with Crippen LogP contribution < -0.4 is 18.9 Å². The molecule has 0 aromatic heterocycles. The highest BCUT2D eigenvalue weighted by molar-refractivity contribution is 5.98. The van der Waals surface area contributed by atoms with Gasteiger partial charge in [0.1, 0.15) is 0 Å². The Kier molecular flexibility index (Phi) is 4.34. The first-order valence-electron chi connectivity index (χ1n) is 11.8. The second kappa shape index (κ2) is 7.56. The molecule has 0 radical (unpaired) electrons. The van der Waals surface area contributed by atoms with Crippen molar-refractivity contribution < 1.29 is 18.9 Å². The first-order chi connectivity index (χ1) is 16.8. The molecule has 4 aromatic carbocycles. The van der Waals surface area contributed by atoms with Crippen molar-refractivity contribution in [2.75, 3.05) is 13.6 Å². The lowest BCUT2D eigenvalue weighted by atomic mass is 9.78. The maximum atomic E-state index is 5.93. The molecule has 0 amide bonds. The van der Waals surface area contributed by atoms with Gasteiger partial charge in [-0.3, -0.25) is 0 Å². The van der Waals surface area contributed by atoms with Crippen LogP contribution in [-0.4, -0.2) is 13.6 Å². The Balaban J connectivity index is 1.57. The Labute approximate surface area is 198 Å². The summed E-state index contributed by atoms with van der Waals surface area (Å²) in [6.07, 6.45) is 6.25. The van der Waals surface area contributed by atoms with Crippen LogP contribution in [0.5, 0.6) is 23.0 Å². The molecule has 0 bridgehead atoms. The minimum absolute atomic E-state index is 0.265. The summed E-state index contributed by atoms with van der Waals surface area (Å²) in [7, 11) is 0. The van der Waals surface area contributed by atoms with Crippen molar-refractivity contribution in [1.29, 1.82) is 0 Å². The van der Waals surface area contributed by atoms with E-state index in [0.717, 1.165) is 41.4 Å². The molecular formula is C30H24O4. The second-order valence-corrected chi connectivity index (χ2v) is 9.21. The third-order valence-corrected chi connectivity index (χ3v) is 7.11. The van der Waals surface area contributed by atoms with Crippen molar-refractivity contribution in [3.63, 3.8) is 0 Å². The lowest BCUT2D eigenvalue weighted by molar-refractivity contribution is 0.173. The zero-order valence-corrected chi connectivity index (χ0v) is 19.0. The average molecular weight is 449 g/mol. The molecule has 0 saturated heterocycles. The zero-order chi connectivity index (χ0) is 22.6. The van der Waals surface area contributed by atoms with Gasteiger partial charge >= 0.3 is 0 Å². The van der Waals surface area contributed by atoms with Gasteiger partial charge in [-0.15, -0.1) is 0 Å². The van der Waals surface area contributed by atoms with Gasteiger partial charge in [0.2, 0.25) is 13.6 Å². The van der Waals surface area contributed by atoms with Crippen LogP contribution in [0.15, 0.2) is 66.7 Å². The maximum Gasteiger partial charge on any atom is 0.231 e. The summed E-state index contributed by atoms with van der Waals surface area (Å²) in [5.74, 6) is 3.63. The lowest BCUT2D eigenvalue weighted by Gasteiger charge is -2.26. The van der Waals surface area contributed by atoms with E-state index >= 15 is 0 Å². The number of fused-ring (bicyclic) bond motifs is 8. The Morgan fingerprint density at radius 3 is 2.50 bits per heavy atom. The van der Waals surface area contributed by atoms with Crippen LogP contribution >= 0.6 is 0 Å². The van der Waals surface area contributed by atoms with Crippen molar-refractivity contribution in [3.05, 3.63) is 89.0 Å². The van der Waals surface area contributed by atoms with Crippen LogP contribution in [-0.2, 0) is 6.42 Å². The normalized spacial score (nSPS) is 17.3. The number of allylic oxidation sites excluding steroid dienone is 1. The number of hydrogen-bond donors (Lipinski definition) is 0. The third-order valence-electron chi connectivity index (χ3n) is 7.11.